The molecule has 4 aliphatic heterocycles. The lowest BCUT2D eigenvalue weighted by atomic mass is 9.64. The van der Waals surface area contributed by atoms with Crippen molar-refractivity contribution in [3.63, 3.8) is 0 Å². The molecule has 4 atom stereocenters. The number of halogens is 3. The number of piperidine rings is 2. The van der Waals surface area contributed by atoms with Gasteiger partial charge < -0.3 is 34.5 Å². The number of rotatable bonds is 8. The second kappa shape index (κ2) is 15.8. The Morgan fingerprint density at radius 2 is 1.75 bits per heavy atom. The van der Waals surface area contributed by atoms with E-state index in [4.69, 9.17) is 31.2 Å². The van der Waals surface area contributed by atoms with Crippen molar-refractivity contribution in [2.75, 3.05) is 53.2 Å². The molecule has 1 spiro atoms. The quantitative estimate of drug-likeness (QED) is 0.137. The largest absolute Gasteiger partial charge is 0.480 e. The first-order chi connectivity index (χ1) is 31.2. The summed E-state index contributed by atoms with van der Waals surface area (Å²) >= 11 is 6.66. The predicted octanol–water partition coefficient (Wildman–Crippen LogP) is 7.03. The lowest BCUT2D eigenvalue weighted by Crippen LogP contribution is -2.60. The SMILES string of the molecule is CC1CC2(CCC1OC1CCN(c3ccc4c(C5CCC(=O)NC5=O)nn(C)c4c3)CC1)CN(c1ncc(Cl)c(Nc3ccc4c(c3)c3c(c(=O)n4C)OCC(F)(F)C(C4CC4)N3)n1)C2. The Labute approximate surface area is 379 Å². The Bertz CT molecular complexity index is 2800. The number of fused-ring (bicyclic) bond motifs is 4. The number of ether oxygens (including phenoxy) is 2. The topological polar surface area (TPSA) is 161 Å². The summed E-state index contributed by atoms with van der Waals surface area (Å²) in [4.78, 5) is 51.7. The van der Waals surface area contributed by atoms with Gasteiger partial charge in [-0.1, -0.05) is 18.5 Å². The van der Waals surface area contributed by atoms with E-state index in [0.29, 0.717) is 65.0 Å². The van der Waals surface area contributed by atoms with Gasteiger partial charge in [-0.05, 0) is 99.6 Å². The third-order valence-electron chi connectivity index (χ3n) is 14.9. The summed E-state index contributed by atoms with van der Waals surface area (Å²) in [5.74, 6) is -2.93. The van der Waals surface area contributed by atoms with Crippen LogP contribution in [0.15, 0.2) is 47.4 Å². The first-order valence-electron chi connectivity index (χ1n) is 22.9. The number of pyridine rings is 1. The minimum atomic E-state index is -3.13. The van der Waals surface area contributed by atoms with Gasteiger partial charge in [0.05, 0.1) is 52.8 Å². The molecule has 3 aromatic heterocycles. The molecule has 2 aromatic carbocycles. The average molecular weight is 911 g/mol. The smallest absolute Gasteiger partial charge is 0.301 e. The van der Waals surface area contributed by atoms with Crippen LogP contribution in [0.4, 0.5) is 37.6 Å². The highest BCUT2D eigenvalue weighted by Crippen LogP contribution is 2.49. The van der Waals surface area contributed by atoms with Gasteiger partial charge in [-0.3, -0.25) is 24.4 Å². The molecule has 11 rings (SSSR count). The Morgan fingerprint density at radius 3 is 2.51 bits per heavy atom. The summed E-state index contributed by atoms with van der Waals surface area (Å²) in [7, 11) is 3.51. The van der Waals surface area contributed by atoms with Crippen molar-refractivity contribution < 1.29 is 27.8 Å². The summed E-state index contributed by atoms with van der Waals surface area (Å²) in [6.07, 6.45) is 9.24. The van der Waals surface area contributed by atoms with Crippen LogP contribution in [0.3, 0.4) is 0 Å². The van der Waals surface area contributed by atoms with Gasteiger partial charge in [-0.25, -0.2) is 13.8 Å². The summed E-state index contributed by atoms with van der Waals surface area (Å²) in [5, 5.41) is 15.4. The van der Waals surface area contributed by atoms with Crippen molar-refractivity contribution >= 4 is 74.0 Å². The zero-order valence-corrected chi connectivity index (χ0v) is 37.5. The molecule has 65 heavy (non-hydrogen) atoms. The number of aryl methyl sites for hydroxylation is 2. The van der Waals surface area contributed by atoms with Crippen LogP contribution in [0.1, 0.15) is 76.3 Å². The van der Waals surface area contributed by atoms with E-state index in [-0.39, 0.29) is 46.8 Å². The minimum absolute atomic E-state index is 0.105. The van der Waals surface area contributed by atoms with E-state index in [1.165, 1.54) is 4.57 Å². The first kappa shape index (κ1) is 42.1. The number of hydrogen-bond donors (Lipinski definition) is 3. The van der Waals surface area contributed by atoms with E-state index >= 15 is 8.78 Å². The number of carbonyl (C=O) groups excluding carboxylic acids is 2. The number of nitrogens with one attached hydrogen (secondary N) is 3. The van der Waals surface area contributed by atoms with Crippen LogP contribution in [0.25, 0.3) is 21.8 Å². The Balaban J connectivity index is 0.704. The summed E-state index contributed by atoms with van der Waals surface area (Å²) in [6, 6.07) is 10.6. The van der Waals surface area contributed by atoms with E-state index in [1.807, 2.05) is 23.9 Å². The fourth-order valence-electron chi connectivity index (χ4n) is 11.2. The van der Waals surface area contributed by atoms with Gasteiger partial charge in [-0.2, -0.15) is 10.1 Å². The Kier molecular flexibility index (Phi) is 10.2. The molecule has 5 aromatic rings. The van der Waals surface area contributed by atoms with Gasteiger partial charge in [0, 0.05) is 74.3 Å². The van der Waals surface area contributed by atoms with E-state index in [9.17, 15) is 14.4 Å². The van der Waals surface area contributed by atoms with E-state index < -0.39 is 30.0 Å². The lowest BCUT2D eigenvalue weighted by molar-refractivity contribution is -0.134. The second-order valence-corrected chi connectivity index (χ2v) is 19.9. The van der Waals surface area contributed by atoms with Gasteiger partial charge >= 0.3 is 5.92 Å². The van der Waals surface area contributed by atoms with Gasteiger partial charge in [0.2, 0.25) is 23.5 Å². The van der Waals surface area contributed by atoms with Crippen LogP contribution in [0.5, 0.6) is 5.75 Å². The third-order valence-corrected chi connectivity index (χ3v) is 15.2. The zero-order chi connectivity index (χ0) is 44.9. The number of carbonyl (C=O) groups is 2. The normalized spacial score (nSPS) is 25.4. The summed E-state index contributed by atoms with van der Waals surface area (Å²) in [5.41, 5.74) is 4.00. The molecule has 5 fully saturated rings. The number of benzene rings is 2. The molecule has 2 saturated carbocycles. The van der Waals surface area contributed by atoms with E-state index in [0.717, 1.165) is 80.6 Å². The predicted molar refractivity (Wildman–Crippen MR) is 244 cm³/mol. The third kappa shape index (κ3) is 7.61. The molecule has 6 aliphatic rings. The fourth-order valence-corrected chi connectivity index (χ4v) is 11.4. The maximum Gasteiger partial charge on any atom is 0.301 e. The molecule has 342 valence electrons. The number of hydrogen-bond acceptors (Lipinski definition) is 12. The molecule has 3 saturated heterocycles. The fraction of sp³-hybridized carbons (Fsp3) is 0.532. The number of amides is 2. The van der Waals surface area contributed by atoms with Crippen molar-refractivity contribution in [3.05, 3.63) is 63.7 Å². The number of anilines is 5. The van der Waals surface area contributed by atoms with Crippen LogP contribution in [-0.2, 0) is 28.4 Å². The summed E-state index contributed by atoms with van der Waals surface area (Å²) in [6.45, 7) is 4.93. The van der Waals surface area contributed by atoms with Crippen molar-refractivity contribution in [3.8, 4) is 5.75 Å². The van der Waals surface area contributed by atoms with Crippen LogP contribution in [-0.4, -0.2) is 93.1 Å². The molecule has 0 radical (unpaired) electrons. The van der Waals surface area contributed by atoms with Crippen molar-refractivity contribution in [1.82, 2.24) is 29.6 Å². The molecule has 2 amide bonds. The minimum Gasteiger partial charge on any atom is -0.480 e. The lowest BCUT2D eigenvalue weighted by Gasteiger charge is -2.55. The molecule has 15 nitrogen and oxygen atoms in total. The highest BCUT2D eigenvalue weighted by molar-refractivity contribution is 6.33. The number of aromatic nitrogens is 5. The molecular formula is C47H53ClF2N10O5. The highest BCUT2D eigenvalue weighted by Gasteiger charge is 2.52. The summed E-state index contributed by atoms with van der Waals surface area (Å²) < 4.78 is 46.0. The van der Waals surface area contributed by atoms with Gasteiger partial charge in [0.1, 0.15) is 5.02 Å². The molecule has 0 bridgehead atoms. The van der Waals surface area contributed by atoms with Crippen LogP contribution >= 0.6 is 11.6 Å². The molecule has 2 aliphatic carbocycles. The first-order valence-corrected chi connectivity index (χ1v) is 23.3. The molecule has 4 unspecified atom stereocenters. The van der Waals surface area contributed by atoms with Crippen LogP contribution in [0, 0.1) is 17.3 Å². The molecule has 3 N–H and O–H groups in total. The number of nitrogens with zero attached hydrogens (tertiary/aromatic N) is 7. The molecule has 18 heteroatoms. The van der Waals surface area contributed by atoms with E-state index in [1.54, 1.807) is 19.3 Å². The van der Waals surface area contributed by atoms with Gasteiger partial charge in [0.25, 0.3) is 5.56 Å². The molecular weight excluding hydrogens is 858 g/mol. The number of alkyl halides is 2. The zero-order valence-electron chi connectivity index (χ0n) is 36.7. The monoisotopic (exact) mass is 910 g/mol. The molecule has 7 heterocycles. The van der Waals surface area contributed by atoms with Crippen molar-refractivity contribution in [1.29, 1.82) is 0 Å². The maximum atomic E-state index is 15.2. The Hall–Kier alpha value is -5.55. The second-order valence-electron chi connectivity index (χ2n) is 19.5. The van der Waals surface area contributed by atoms with Crippen molar-refractivity contribution in [2.45, 2.75) is 94.8 Å². The van der Waals surface area contributed by atoms with Gasteiger partial charge in [-0.15, -0.1) is 0 Å². The van der Waals surface area contributed by atoms with E-state index in [2.05, 4.69) is 55.9 Å². The highest BCUT2D eigenvalue weighted by atomic mass is 35.5. The van der Waals surface area contributed by atoms with Gasteiger partial charge in [0.15, 0.2) is 12.4 Å². The van der Waals surface area contributed by atoms with Crippen molar-refractivity contribution in [2.24, 2.45) is 31.3 Å². The maximum absolute atomic E-state index is 15.2. The van der Waals surface area contributed by atoms with Crippen LogP contribution < -0.4 is 36.0 Å². The van der Waals surface area contributed by atoms with Crippen LogP contribution in [0.2, 0.25) is 5.02 Å². The number of imide groups is 1. The standard InChI is InChI=1S/C47H53ClF2N10O5/c1-25-20-46(15-12-36(25)65-29-13-16-59(17-14-29)28-7-8-30-35(19-28)58(3)56-38(30)31-9-11-37(61)53-43(31)62)22-60(23-46)45-51-21-33(48)42(55-45)52-27-6-10-34-32(18-27)39-40(44(63)57(34)2)64-24-47(49,50)41(54-39)26-4-5-26/h6-8,10,18-19,21,25-26,29,31,36,41,54H,4-5,9,11-17,20,22-24H2,1-3H3,(H,51,52,55)(H,53,61,62). The Morgan fingerprint density at radius 1 is 0.954 bits per heavy atom. The average Bonchev–Trinajstić information content (AvgIpc) is 4.08.